The number of hydrogen-bond donors (Lipinski definition) is 0. The summed E-state index contributed by atoms with van der Waals surface area (Å²) in [5, 5.41) is 0. The highest BCUT2D eigenvalue weighted by Crippen LogP contribution is 2.11. The Labute approximate surface area is 357 Å². The van der Waals surface area contributed by atoms with Crippen LogP contribution in [0.3, 0.4) is 0 Å². The number of hydrogen-bond acceptors (Lipinski definition) is 5. The van der Waals surface area contributed by atoms with Crippen LogP contribution in [-0.2, 0) is 23.8 Å². The van der Waals surface area contributed by atoms with Gasteiger partial charge in [-0.1, -0.05) is 169 Å². The second kappa shape index (κ2) is 47.9. The topological polar surface area (TPSA) is 61.8 Å². The maximum Gasteiger partial charge on any atom is 0.306 e. The van der Waals surface area contributed by atoms with Crippen molar-refractivity contribution in [3.05, 3.63) is 109 Å². The van der Waals surface area contributed by atoms with Crippen molar-refractivity contribution < 1.29 is 23.8 Å². The van der Waals surface area contributed by atoms with Crippen molar-refractivity contribution in [2.24, 2.45) is 0 Å². The van der Waals surface area contributed by atoms with Gasteiger partial charge in [-0.25, -0.2) is 0 Å². The standard InChI is InChI=1S/C53H86O5/c1-4-7-10-13-16-19-22-25-27-29-31-34-37-40-43-46-52(54)57-50-51(49-56-48-45-42-39-36-33-30-26-23-20-17-14-11-8-5-2)58-53(55)47-44-41-38-35-32-28-24-21-18-15-12-9-6-3/h7-8,10-12,15-17,19-21,24-27,30-31,34,51H,4-6,9,13-14,18,22-23,28-29,32-33,35-50H2,1-3H3/b10-7-,11-8-,15-12-,19-16-,20-17-,24-21-,27-25-,30-26-,34-31-. The molecule has 5 heteroatoms. The Balaban J connectivity index is 4.42. The first kappa shape index (κ1) is 54.6. The van der Waals surface area contributed by atoms with Gasteiger partial charge in [-0.15, -0.1) is 0 Å². The number of unbranched alkanes of at least 4 members (excludes halogenated alkanes) is 12. The summed E-state index contributed by atoms with van der Waals surface area (Å²) >= 11 is 0. The normalized spacial score (nSPS) is 13.2. The van der Waals surface area contributed by atoms with E-state index in [-0.39, 0.29) is 25.2 Å². The van der Waals surface area contributed by atoms with E-state index in [0.29, 0.717) is 19.4 Å². The predicted molar refractivity (Wildman–Crippen MR) is 251 cm³/mol. The highest BCUT2D eigenvalue weighted by atomic mass is 16.6. The maximum atomic E-state index is 12.7. The first-order valence-corrected chi connectivity index (χ1v) is 23.4. The number of carbonyl (C=O) groups excluding carboxylic acids is 2. The summed E-state index contributed by atoms with van der Waals surface area (Å²) in [5.41, 5.74) is 0. The van der Waals surface area contributed by atoms with Crippen molar-refractivity contribution in [1.29, 1.82) is 0 Å². The molecule has 0 aliphatic rings. The average molecular weight is 803 g/mol. The molecule has 5 nitrogen and oxygen atoms in total. The first-order chi connectivity index (χ1) is 28.6. The molecule has 0 N–H and O–H groups in total. The third-order valence-corrected chi connectivity index (χ3v) is 9.25. The molecule has 0 aromatic rings. The van der Waals surface area contributed by atoms with Crippen LogP contribution in [0, 0.1) is 0 Å². The quantitative estimate of drug-likeness (QED) is 0.0350. The van der Waals surface area contributed by atoms with E-state index in [1.54, 1.807) is 0 Å². The van der Waals surface area contributed by atoms with Crippen LogP contribution < -0.4 is 0 Å². The highest BCUT2D eigenvalue weighted by molar-refractivity contribution is 5.70. The van der Waals surface area contributed by atoms with Crippen molar-refractivity contribution in [1.82, 2.24) is 0 Å². The number of ether oxygens (including phenoxy) is 3. The molecule has 0 amide bonds. The van der Waals surface area contributed by atoms with Crippen molar-refractivity contribution in [3.8, 4) is 0 Å². The minimum atomic E-state index is -0.578. The monoisotopic (exact) mass is 803 g/mol. The summed E-state index contributed by atoms with van der Waals surface area (Å²) in [6.07, 6.45) is 65.2. The van der Waals surface area contributed by atoms with Crippen LogP contribution in [0.15, 0.2) is 109 Å². The van der Waals surface area contributed by atoms with E-state index >= 15 is 0 Å². The lowest BCUT2D eigenvalue weighted by molar-refractivity contribution is -0.163. The Hall–Kier alpha value is -3.44. The molecule has 58 heavy (non-hydrogen) atoms. The molecule has 0 aliphatic heterocycles. The minimum Gasteiger partial charge on any atom is -0.462 e. The molecule has 0 aromatic carbocycles. The fourth-order valence-electron chi connectivity index (χ4n) is 5.84. The zero-order valence-corrected chi connectivity index (χ0v) is 37.5. The summed E-state index contributed by atoms with van der Waals surface area (Å²) in [4.78, 5) is 25.3. The van der Waals surface area contributed by atoms with Gasteiger partial charge < -0.3 is 14.2 Å². The van der Waals surface area contributed by atoms with Crippen LogP contribution in [0.4, 0.5) is 0 Å². The zero-order chi connectivity index (χ0) is 42.1. The van der Waals surface area contributed by atoms with Crippen LogP contribution in [0.2, 0.25) is 0 Å². The SMILES string of the molecule is CC/C=C\C/C=C\C/C=C\C/C=C\CCCCC(=O)OCC(COCCCCCC/C=C\C/C=C\C/C=C\CC)OC(=O)CCCCCCC/C=C\C/C=C\CCC. The molecular weight excluding hydrogens is 717 g/mol. The summed E-state index contributed by atoms with van der Waals surface area (Å²) in [5.74, 6) is -0.485. The summed E-state index contributed by atoms with van der Waals surface area (Å²) in [6.45, 7) is 7.40. The fraction of sp³-hybridized carbons (Fsp3) is 0.623. The summed E-state index contributed by atoms with van der Waals surface area (Å²) in [7, 11) is 0. The molecule has 0 saturated heterocycles. The number of carbonyl (C=O) groups is 2. The van der Waals surface area contributed by atoms with Crippen LogP contribution in [0.25, 0.3) is 0 Å². The Morgan fingerprint density at radius 3 is 1.28 bits per heavy atom. The first-order valence-electron chi connectivity index (χ1n) is 23.4. The molecule has 0 fully saturated rings. The van der Waals surface area contributed by atoms with Gasteiger partial charge in [0.25, 0.3) is 0 Å². The Kier molecular flexibility index (Phi) is 45.1. The van der Waals surface area contributed by atoms with Crippen LogP contribution >= 0.6 is 0 Å². The number of allylic oxidation sites excluding steroid dienone is 18. The molecular formula is C53H86O5. The Morgan fingerprint density at radius 1 is 0.397 bits per heavy atom. The minimum absolute atomic E-state index is 0.0420. The van der Waals surface area contributed by atoms with E-state index in [1.165, 1.54) is 25.7 Å². The molecule has 0 saturated carbocycles. The largest absolute Gasteiger partial charge is 0.462 e. The molecule has 0 radical (unpaired) electrons. The lowest BCUT2D eigenvalue weighted by Gasteiger charge is -2.18. The predicted octanol–water partition coefficient (Wildman–Crippen LogP) is 15.7. The molecule has 1 unspecified atom stereocenters. The third-order valence-electron chi connectivity index (χ3n) is 9.25. The van der Waals surface area contributed by atoms with Gasteiger partial charge in [0.1, 0.15) is 6.61 Å². The molecule has 328 valence electrons. The molecule has 0 aromatic heterocycles. The number of rotatable bonds is 41. The second-order valence-corrected chi connectivity index (χ2v) is 14.9. The van der Waals surface area contributed by atoms with Crippen molar-refractivity contribution in [2.45, 2.75) is 194 Å². The van der Waals surface area contributed by atoms with Gasteiger partial charge in [-0.2, -0.15) is 0 Å². The van der Waals surface area contributed by atoms with Gasteiger partial charge in [0.15, 0.2) is 6.10 Å². The second-order valence-electron chi connectivity index (χ2n) is 14.9. The Morgan fingerprint density at radius 2 is 0.776 bits per heavy atom. The van der Waals surface area contributed by atoms with E-state index in [1.807, 2.05) is 0 Å². The van der Waals surface area contributed by atoms with Crippen LogP contribution in [0.5, 0.6) is 0 Å². The van der Waals surface area contributed by atoms with E-state index in [4.69, 9.17) is 14.2 Å². The highest BCUT2D eigenvalue weighted by Gasteiger charge is 2.17. The molecule has 0 heterocycles. The van der Waals surface area contributed by atoms with E-state index in [2.05, 4.69) is 130 Å². The smallest absolute Gasteiger partial charge is 0.306 e. The molecule has 0 spiro atoms. The van der Waals surface area contributed by atoms with Gasteiger partial charge in [-0.3, -0.25) is 9.59 Å². The molecule has 0 aliphatic carbocycles. The third kappa shape index (κ3) is 45.3. The van der Waals surface area contributed by atoms with Crippen molar-refractivity contribution in [2.75, 3.05) is 19.8 Å². The molecule has 1 atom stereocenters. The van der Waals surface area contributed by atoms with Crippen molar-refractivity contribution in [3.63, 3.8) is 0 Å². The van der Waals surface area contributed by atoms with Crippen LogP contribution in [-0.4, -0.2) is 37.9 Å². The van der Waals surface area contributed by atoms with Gasteiger partial charge in [0.05, 0.1) is 6.61 Å². The average Bonchev–Trinajstić information content (AvgIpc) is 3.22. The van der Waals surface area contributed by atoms with Crippen molar-refractivity contribution >= 4 is 11.9 Å². The van der Waals surface area contributed by atoms with Gasteiger partial charge >= 0.3 is 11.9 Å². The fourth-order valence-corrected chi connectivity index (χ4v) is 5.84. The molecule has 0 rings (SSSR count). The lowest BCUT2D eigenvalue weighted by atomic mass is 10.1. The summed E-state index contributed by atoms with van der Waals surface area (Å²) < 4.78 is 17.3. The summed E-state index contributed by atoms with van der Waals surface area (Å²) in [6, 6.07) is 0. The van der Waals surface area contributed by atoms with Gasteiger partial charge in [-0.05, 0) is 116 Å². The Bertz CT molecular complexity index is 1180. The number of esters is 2. The van der Waals surface area contributed by atoms with E-state index in [0.717, 1.165) is 128 Å². The van der Waals surface area contributed by atoms with Gasteiger partial charge in [0, 0.05) is 19.4 Å². The van der Waals surface area contributed by atoms with Crippen LogP contribution in [0.1, 0.15) is 188 Å². The lowest BCUT2D eigenvalue weighted by Crippen LogP contribution is -2.30. The van der Waals surface area contributed by atoms with E-state index in [9.17, 15) is 9.59 Å². The zero-order valence-electron chi connectivity index (χ0n) is 37.5. The van der Waals surface area contributed by atoms with Gasteiger partial charge in [0.2, 0.25) is 0 Å². The maximum absolute atomic E-state index is 12.7. The van der Waals surface area contributed by atoms with E-state index < -0.39 is 6.10 Å². The molecule has 0 bridgehead atoms.